The second-order valence-electron chi connectivity index (χ2n) is 3.68. The van der Waals surface area contributed by atoms with Crippen LogP contribution in [0.3, 0.4) is 0 Å². The smallest absolute Gasteiger partial charge is 0.0452 e. The minimum absolute atomic E-state index is 0.562. The van der Waals surface area contributed by atoms with Crippen molar-refractivity contribution in [2.45, 2.75) is 18.8 Å². The normalized spacial score (nSPS) is 22.3. The summed E-state index contributed by atoms with van der Waals surface area (Å²) in [5, 5.41) is 4.29. The van der Waals surface area contributed by atoms with E-state index in [1.54, 1.807) is 0 Å². The van der Waals surface area contributed by atoms with E-state index in [0.29, 0.717) is 5.92 Å². The number of nitrogens with one attached hydrogen (secondary N) is 1. The molecule has 1 N–H and O–H groups in total. The van der Waals surface area contributed by atoms with Crippen LogP contribution < -0.4 is 5.32 Å². The monoisotopic (exact) mass is 273 g/mol. The van der Waals surface area contributed by atoms with Gasteiger partial charge < -0.3 is 5.32 Å². The van der Waals surface area contributed by atoms with Crippen LogP contribution in [0.1, 0.15) is 24.3 Å². The van der Waals surface area contributed by atoms with E-state index in [2.05, 4.69) is 27.3 Å². The molecule has 0 saturated carbocycles. The number of hydrogen-bond donors (Lipinski definition) is 1. The van der Waals surface area contributed by atoms with E-state index in [4.69, 9.17) is 11.6 Å². The van der Waals surface area contributed by atoms with Gasteiger partial charge in [0.2, 0.25) is 0 Å². The highest BCUT2D eigenvalue weighted by Gasteiger charge is 2.19. The van der Waals surface area contributed by atoms with Crippen LogP contribution >= 0.6 is 27.5 Å². The topological polar surface area (TPSA) is 12.0 Å². The standard InChI is InChI=1S/C11H13BrClN/c12-9-4-1-5-10(13)11(9)8-3-2-6-14-7-8/h1,4-5,8,14H,2-3,6-7H2. The molecule has 2 rings (SSSR count). The third-order valence-electron chi connectivity index (χ3n) is 2.70. The first-order chi connectivity index (χ1) is 6.79. The molecule has 1 heterocycles. The second kappa shape index (κ2) is 4.65. The molecule has 0 spiro atoms. The molecule has 14 heavy (non-hydrogen) atoms. The van der Waals surface area contributed by atoms with Gasteiger partial charge >= 0.3 is 0 Å². The highest BCUT2D eigenvalue weighted by molar-refractivity contribution is 9.10. The summed E-state index contributed by atoms with van der Waals surface area (Å²) < 4.78 is 1.14. The molecule has 0 bridgehead atoms. The highest BCUT2D eigenvalue weighted by atomic mass is 79.9. The van der Waals surface area contributed by atoms with Gasteiger partial charge in [-0.15, -0.1) is 0 Å². The molecule has 0 aromatic heterocycles. The van der Waals surface area contributed by atoms with E-state index in [9.17, 15) is 0 Å². The van der Waals surface area contributed by atoms with E-state index in [1.165, 1.54) is 18.4 Å². The minimum Gasteiger partial charge on any atom is -0.316 e. The zero-order chi connectivity index (χ0) is 9.97. The summed E-state index contributed by atoms with van der Waals surface area (Å²) in [6, 6.07) is 6.01. The fraction of sp³-hybridized carbons (Fsp3) is 0.455. The maximum absolute atomic E-state index is 6.21. The van der Waals surface area contributed by atoms with Crippen LogP contribution in [0.2, 0.25) is 5.02 Å². The number of piperidine rings is 1. The van der Waals surface area contributed by atoms with Gasteiger partial charge in [-0.25, -0.2) is 0 Å². The van der Waals surface area contributed by atoms with Crippen molar-refractivity contribution < 1.29 is 0 Å². The van der Waals surface area contributed by atoms with Crippen molar-refractivity contribution in [1.29, 1.82) is 0 Å². The Morgan fingerprint density at radius 2 is 2.29 bits per heavy atom. The largest absolute Gasteiger partial charge is 0.316 e. The zero-order valence-corrected chi connectivity index (χ0v) is 10.2. The first-order valence-corrected chi connectivity index (χ1v) is 6.11. The van der Waals surface area contributed by atoms with Crippen molar-refractivity contribution in [3.8, 4) is 0 Å². The first-order valence-electron chi connectivity index (χ1n) is 4.93. The van der Waals surface area contributed by atoms with Crippen LogP contribution in [-0.4, -0.2) is 13.1 Å². The molecule has 1 unspecified atom stereocenters. The molecule has 0 radical (unpaired) electrons. The van der Waals surface area contributed by atoms with Gasteiger partial charge in [0, 0.05) is 16.0 Å². The van der Waals surface area contributed by atoms with Crippen LogP contribution in [0.5, 0.6) is 0 Å². The van der Waals surface area contributed by atoms with Crippen molar-refractivity contribution in [3.05, 3.63) is 33.3 Å². The van der Waals surface area contributed by atoms with Crippen molar-refractivity contribution in [3.63, 3.8) is 0 Å². The number of benzene rings is 1. The Kier molecular flexibility index (Phi) is 3.47. The second-order valence-corrected chi connectivity index (χ2v) is 4.94. The van der Waals surface area contributed by atoms with Gasteiger partial charge in [-0.2, -0.15) is 0 Å². The van der Waals surface area contributed by atoms with E-state index in [0.717, 1.165) is 22.6 Å². The first kappa shape index (κ1) is 10.5. The van der Waals surface area contributed by atoms with Crippen LogP contribution in [0.15, 0.2) is 22.7 Å². The van der Waals surface area contributed by atoms with Crippen LogP contribution in [0.25, 0.3) is 0 Å². The molecule has 1 atom stereocenters. The lowest BCUT2D eigenvalue weighted by Gasteiger charge is -2.24. The molecule has 1 aromatic rings. The molecule has 1 saturated heterocycles. The predicted octanol–water partition coefficient (Wildman–Crippen LogP) is 3.57. The molecule has 1 aliphatic heterocycles. The Morgan fingerprint density at radius 1 is 1.43 bits per heavy atom. The van der Waals surface area contributed by atoms with E-state index >= 15 is 0 Å². The molecule has 0 amide bonds. The Balaban J connectivity index is 2.29. The molecule has 0 aliphatic carbocycles. The molecule has 1 fully saturated rings. The number of halogens is 2. The van der Waals surface area contributed by atoms with Crippen LogP contribution in [0.4, 0.5) is 0 Å². The van der Waals surface area contributed by atoms with Gasteiger partial charge in [0.15, 0.2) is 0 Å². The van der Waals surface area contributed by atoms with Crippen molar-refractivity contribution >= 4 is 27.5 Å². The molecule has 1 aliphatic rings. The molecule has 1 nitrogen and oxygen atoms in total. The Hall–Kier alpha value is -0.0500. The number of rotatable bonds is 1. The average Bonchev–Trinajstić information content (AvgIpc) is 2.19. The van der Waals surface area contributed by atoms with E-state index < -0.39 is 0 Å². The molecular weight excluding hydrogens is 261 g/mol. The fourth-order valence-electron chi connectivity index (χ4n) is 2.00. The summed E-state index contributed by atoms with van der Waals surface area (Å²) in [6.07, 6.45) is 2.47. The molecule has 1 aromatic carbocycles. The number of hydrogen-bond acceptors (Lipinski definition) is 1. The summed E-state index contributed by atoms with van der Waals surface area (Å²) in [4.78, 5) is 0. The van der Waals surface area contributed by atoms with Gasteiger partial charge in [0.1, 0.15) is 0 Å². The van der Waals surface area contributed by atoms with Crippen LogP contribution in [0, 0.1) is 0 Å². The lowest BCUT2D eigenvalue weighted by molar-refractivity contribution is 0.461. The summed E-state index contributed by atoms with van der Waals surface area (Å²) in [7, 11) is 0. The van der Waals surface area contributed by atoms with Gasteiger partial charge in [-0.1, -0.05) is 33.6 Å². The molecule has 3 heteroatoms. The maximum Gasteiger partial charge on any atom is 0.0452 e. The lowest BCUT2D eigenvalue weighted by atomic mass is 9.92. The third kappa shape index (κ3) is 2.13. The highest BCUT2D eigenvalue weighted by Crippen LogP contribution is 2.34. The minimum atomic E-state index is 0.562. The Bertz CT molecular complexity index is 301. The summed E-state index contributed by atoms with van der Waals surface area (Å²) in [5.41, 5.74) is 1.27. The van der Waals surface area contributed by atoms with Crippen molar-refractivity contribution in [2.75, 3.05) is 13.1 Å². The zero-order valence-electron chi connectivity index (χ0n) is 7.89. The van der Waals surface area contributed by atoms with E-state index in [1.807, 2.05) is 12.1 Å². The van der Waals surface area contributed by atoms with Gasteiger partial charge in [0.25, 0.3) is 0 Å². The summed E-state index contributed by atoms with van der Waals surface area (Å²) >= 11 is 9.78. The third-order valence-corrected chi connectivity index (χ3v) is 3.73. The van der Waals surface area contributed by atoms with Gasteiger partial charge in [-0.05, 0) is 43.0 Å². The SMILES string of the molecule is Clc1cccc(Br)c1C1CCCNC1. The molecule has 76 valence electrons. The Labute approximate surface area is 98.0 Å². The van der Waals surface area contributed by atoms with Crippen molar-refractivity contribution in [2.24, 2.45) is 0 Å². The summed E-state index contributed by atoms with van der Waals surface area (Å²) in [6.45, 7) is 2.18. The van der Waals surface area contributed by atoms with Crippen LogP contribution in [-0.2, 0) is 0 Å². The maximum atomic E-state index is 6.21. The lowest BCUT2D eigenvalue weighted by Crippen LogP contribution is -2.28. The van der Waals surface area contributed by atoms with E-state index in [-0.39, 0.29) is 0 Å². The fourth-order valence-corrected chi connectivity index (χ4v) is 3.13. The predicted molar refractivity (Wildman–Crippen MR) is 64.0 cm³/mol. The van der Waals surface area contributed by atoms with Gasteiger partial charge in [0.05, 0.1) is 0 Å². The quantitative estimate of drug-likeness (QED) is 0.825. The Morgan fingerprint density at radius 3 is 2.93 bits per heavy atom. The summed E-state index contributed by atoms with van der Waals surface area (Å²) in [5.74, 6) is 0.562. The van der Waals surface area contributed by atoms with Gasteiger partial charge in [-0.3, -0.25) is 0 Å². The average molecular weight is 275 g/mol. The van der Waals surface area contributed by atoms with Crippen molar-refractivity contribution in [1.82, 2.24) is 5.32 Å². The molecular formula is C11H13BrClN.